The van der Waals surface area contributed by atoms with Gasteiger partial charge in [-0.1, -0.05) is 29.8 Å². The number of hydrogen-bond donors (Lipinski definition) is 2. The number of nitrogens with one attached hydrogen (secondary N) is 2. The molecule has 0 aliphatic heterocycles. The maximum Gasteiger partial charge on any atom is 0.442 e. The van der Waals surface area contributed by atoms with Crippen LogP contribution in [-0.2, 0) is 11.0 Å². The van der Waals surface area contributed by atoms with Gasteiger partial charge in [-0.2, -0.15) is 13.2 Å². The van der Waals surface area contributed by atoms with Gasteiger partial charge in [0, 0.05) is 17.2 Å². The number of halogens is 4. The van der Waals surface area contributed by atoms with E-state index in [1.54, 1.807) is 30.3 Å². The van der Waals surface area contributed by atoms with Gasteiger partial charge in [-0.25, -0.2) is 4.79 Å². The number of para-hydroxylation sites is 1. The highest BCUT2D eigenvalue weighted by Crippen LogP contribution is 2.36. The summed E-state index contributed by atoms with van der Waals surface area (Å²) < 4.78 is 45.7. The number of alkyl halides is 3. The van der Waals surface area contributed by atoms with E-state index in [1.165, 1.54) is 17.7 Å². The number of aromatic amines is 1. The van der Waals surface area contributed by atoms with Crippen molar-refractivity contribution in [2.45, 2.75) is 23.4 Å². The van der Waals surface area contributed by atoms with Crippen LogP contribution < -0.4 is 15.6 Å². The molecule has 1 aromatic heterocycles. The highest BCUT2D eigenvalue weighted by atomic mass is 35.5. The first kappa shape index (κ1) is 21.0. The molecule has 1 amide bonds. The van der Waals surface area contributed by atoms with Crippen LogP contribution in [0, 0.1) is 0 Å². The summed E-state index contributed by atoms with van der Waals surface area (Å²) in [5, 5.41) is 3.75. The zero-order chi connectivity index (χ0) is 21.2. The van der Waals surface area contributed by atoms with Crippen LogP contribution in [0.2, 0.25) is 5.02 Å². The lowest BCUT2D eigenvalue weighted by atomic mass is 10.1. The van der Waals surface area contributed by atoms with Crippen molar-refractivity contribution in [1.29, 1.82) is 0 Å². The minimum Gasteiger partial charge on any atom is -0.325 e. The Morgan fingerprint density at radius 1 is 1.24 bits per heavy atom. The van der Waals surface area contributed by atoms with Crippen molar-refractivity contribution in [3.05, 3.63) is 69.5 Å². The van der Waals surface area contributed by atoms with E-state index >= 15 is 0 Å². The van der Waals surface area contributed by atoms with Crippen molar-refractivity contribution >= 4 is 35.0 Å². The van der Waals surface area contributed by atoms with Gasteiger partial charge >= 0.3 is 16.8 Å². The lowest BCUT2D eigenvalue weighted by Gasteiger charge is -2.15. The summed E-state index contributed by atoms with van der Waals surface area (Å²) in [6.45, 7) is 1.46. The molecule has 0 spiro atoms. The molecule has 29 heavy (non-hydrogen) atoms. The third-order valence-corrected chi connectivity index (χ3v) is 5.20. The van der Waals surface area contributed by atoms with Gasteiger partial charge in [0.2, 0.25) is 11.6 Å². The van der Waals surface area contributed by atoms with Gasteiger partial charge in [0.1, 0.15) is 0 Å². The fourth-order valence-corrected chi connectivity index (χ4v) is 3.49. The van der Waals surface area contributed by atoms with E-state index in [1.807, 2.05) is 0 Å². The molecular weight excluding hydrogens is 431 g/mol. The zero-order valence-corrected chi connectivity index (χ0v) is 16.4. The smallest absolute Gasteiger partial charge is 0.325 e. The molecule has 0 aliphatic carbocycles. The SMILES string of the molecule is CC(Sc1c(=O)o[nH][n+]1-c1ccccc1)C(=O)Nc1ccc(Cl)cc1C(F)(F)F. The Labute approximate surface area is 171 Å². The second-order valence-electron chi connectivity index (χ2n) is 5.89. The molecule has 152 valence electrons. The number of hydrogen-bond acceptors (Lipinski definition) is 4. The van der Waals surface area contributed by atoms with Crippen LogP contribution in [-0.4, -0.2) is 16.4 Å². The Bertz CT molecular complexity index is 1080. The standard InChI is InChI=1S/C18H13ClF3N3O3S/c1-10(15(26)23-14-8-7-11(19)9-13(14)18(20,21)22)29-16-17(27)28-24-25(16)12-5-3-2-4-6-12/h2-10H,1H3,(H-,23,24,26,27)/p+1. The Morgan fingerprint density at radius 3 is 2.59 bits per heavy atom. The number of thioether (sulfide) groups is 1. The molecular formula is C18H14ClF3N3O3S+. The molecule has 2 N–H and O–H groups in total. The van der Waals surface area contributed by atoms with Crippen molar-refractivity contribution < 1.29 is 27.2 Å². The van der Waals surface area contributed by atoms with E-state index in [4.69, 9.17) is 16.1 Å². The average Bonchev–Trinajstić information content (AvgIpc) is 3.03. The summed E-state index contributed by atoms with van der Waals surface area (Å²) in [6.07, 6.45) is -4.69. The predicted molar refractivity (Wildman–Crippen MR) is 101 cm³/mol. The largest absolute Gasteiger partial charge is 0.442 e. The van der Waals surface area contributed by atoms with Gasteiger partial charge in [0.05, 0.1) is 16.5 Å². The first-order valence-electron chi connectivity index (χ1n) is 8.20. The van der Waals surface area contributed by atoms with Crippen molar-refractivity contribution in [2.75, 3.05) is 5.32 Å². The minimum absolute atomic E-state index is 0.0750. The molecule has 1 unspecified atom stereocenters. The summed E-state index contributed by atoms with van der Waals surface area (Å²) in [5.41, 5.74) is -1.60. The predicted octanol–water partition coefficient (Wildman–Crippen LogP) is 4.04. The number of anilines is 1. The number of rotatable bonds is 5. The highest BCUT2D eigenvalue weighted by molar-refractivity contribution is 8.00. The second-order valence-corrected chi connectivity index (χ2v) is 7.66. The number of aromatic nitrogens is 2. The van der Waals surface area contributed by atoms with Crippen molar-refractivity contribution in [1.82, 2.24) is 5.27 Å². The van der Waals surface area contributed by atoms with E-state index in [9.17, 15) is 22.8 Å². The van der Waals surface area contributed by atoms with Crippen molar-refractivity contribution in [3.63, 3.8) is 0 Å². The molecule has 1 atom stereocenters. The van der Waals surface area contributed by atoms with E-state index in [-0.39, 0.29) is 10.0 Å². The Morgan fingerprint density at radius 2 is 1.93 bits per heavy atom. The van der Waals surface area contributed by atoms with E-state index in [2.05, 4.69) is 10.6 Å². The fourth-order valence-electron chi connectivity index (χ4n) is 2.43. The van der Waals surface area contributed by atoms with Crippen LogP contribution in [0.25, 0.3) is 5.69 Å². The Kier molecular flexibility index (Phi) is 6.04. The van der Waals surface area contributed by atoms with Crippen LogP contribution in [0.5, 0.6) is 0 Å². The highest BCUT2D eigenvalue weighted by Gasteiger charge is 2.35. The topological polar surface area (TPSA) is 79.0 Å². The van der Waals surface area contributed by atoms with Gasteiger partial charge < -0.3 is 5.32 Å². The summed E-state index contributed by atoms with van der Waals surface area (Å²) in [4.78, 5) is 24.5. The number of nitrogens with zero attached hydrogens (tertiary/aromatic N) is 1. The van der Waals surface area contributed by atoms with E-state index in [0.717, 1.165) is 23.9 Å². The van der Waals surface area contributed by atoms with Gasteiger partial charge in [-0.05, 0) is 46.8 Å². The third-order valence-electron chi connectivity index (χ3n) is 3.82. The lowest BCUT2D eigenvalue weighted by molar-refractivity contribution is -0.704. The molecule has 0 aliphatic rings. The second kappa shape index (κ2) is 8.34. The lowest BCUT2D eigenvalue weighted by Crippen LogP contribution is -2.37. The van der Waals surface area contributed by atoms with Gasteiger partial charge in [0.15, 0.2) is 0 Å². The number of H-pyrrole nitrogens is 1. The molecule has 11 heteroatoms. The van der Waals surface area contributed by atoms with Crippen LogP contribution in [0.4, 0.5) is 18.9 Å². The van der Waals surface area contributed by atoms with Gasteiger partial charge in [-0.15, -0.1) is 0 Å². The Hall–Kier alpha value is -2.72. The molecule has 2 aromatic carbocycles. The van der Waals surface area contributed by atoms with E-state index < -0.39 is 34.2 Å². The number of carbonyl (C=O) groups is 1. The van der Waals surface area contributed by atoms with Crippen LogP contribution in [0.1, 0.15) is 12.5 Å². The molecule has 3 rings (SSSR count). The van der Waals surface area contributed by atoms with Gasteiger partial charge in [0.25, 0.3) is 0 Å². The summed E-state index contributed by atoms with van der Waals surface area (Å²) in [5.74, 6) is -0.719. The summed E-state index contributed by atoms with van der Waals surface area (Å²) in [7, 11) is 0. The monoisotopic (exact) mass is 444 g/mol. The minimum atomic E-state index is -4.69. The first-order chi connectivity index (χ1) is 13.7. The number of carbonyl (C=O) groups excluding carboxylic acids is 1. The van der Waals surface area contributed by atoms with Crippen molar-refractivity contribution in [3.8, 4) is 5.69 Å². The quantitative estimate of drug-likeness (QED) is 0.460. The van der Waals surface area contributed by atoms with Crippen LogP contribution in [0.15, 0.2) is 62.9 Å². The fraction of sp³-hybridized carbons (Fsp3) is 0.167. The summed E-state index contributed by atoms with van der Waals surface area (Å²) in [6, 6.07) is 11.8. The molecule has 0 radical (unpaired) electrons. The molecule has 0 saturated heterocycles. The maximum atomic E-state index is 13.2. The maximum absolute atomic E-state index is 13.2. The molecule has 1 heterocycles. The first-order valence-corrected chi connectivity index (χ1v) is 9.46. The Balaban J connectivity index is 1.82. The normalized spacial score (nSPS) is 12.6. The molecule has 6 nitrogen and oxygen atoms in total. The molecule has 3 aromatic rings. The average molecular weight is 445 g/mol. The molecule has 0 fully saturated rings. The number of benzene rings is 2. The van der Waals surface area contributed by atoms with E-state index in [0.29, 0.717) is 5.69 Å². The number of amides is 1. The van der Waals surface area contributed by atoms with Gasteiger partial charge in [-0.3, -0.25) is 9.32 Å². The summed E-state index contributed by atoms with van der Waals surface area (Å²) >= 11 is 6.49. The molecule has 0 bridgehead atoms. The third kappa shape index (κ3) is 4.83. The van der Waals surface area contributed by atoms with Crippen LogP contribution in [0.3, 0.4) is 0 Å². The van der Waals surface area contributed by atoms with Crippen molar-refractivity contribution in [2.24, 2.45) is 0 Å². The molecule has 0 saturated carbocycles. The zero-order valence-electron chi connectivity index (χ0n) is 14.8. The van der Waals surface area contributed by atoms with Crippen LogP contribution >= 0.6 is 23.4 Å².